The highest BCUT2D eigenvalue weighted by molar-refractivity contribution is 6.01. The molecule has 1 fully saturated rings. The Morgan fingerprint density at radius 1 is 0.900 bits per heavy atom. The first-order chi connectivity index (χ1) is 19.4. The van der Waals surface area contributed by atoms with Crippen LogP contribution in [-0.4, -0.2) is 44.3 Å². The fourth-order valence-electron chi connectivity index (χ4n) is 5.21. The van der Waals surface area contributed by atoms with E-state index in [2.05, 4.69) is 5.32 Å². The molecular formula is C32H38N2O6. The molecule has 1 atom stereocenters. The van der Waals surface area contributed by atoms with Crippen LogP contribution in [0.25, 0.3) is 0 Å². The number of carbonyl (C=O) groups excluding carboxylic acids is 2. The van der Waals surface area contributed by atoms with E-state index >= 15 is 0 Å². The van der Waals surface area contributed by atoms with Crippen LogP contribution < -0.4 is 24.4 Å². The molecule has 2 N–H and O–H groups in total. The van der Waals surface area contributed by atoms with Gasteiger partial charge in [0, 0.05) is 24.2 Å². The Bertz CT molecular complexity index is 1290. The van der Waals surface area contributed by atoms with E-state index in [1.807, 2.05) is 24.3 Å². The SMILES string of the molecule is COc1cccc(CCC(=O)N(c2ccc(OC)c(OC)c2)C(C(=O)NC2CCCCC2)c2ccc(O)cc2)c1. The summed E-state index contributed by atoms with van der Waals surface area (Å²) in [6.07, 6.45) is 5.73. The van der Waals surface area contributed by atoms with Gasteiger partial charge in [0.2, 0.25) is 11.8 Å². The summed E-state index contributed by atoms with van der Waals surface area (Å²) < 4.78 is 16.3. The van der Waals surface area contributed by atoms with Gasteiger partial charge in [0.25, 0.3) is 0 Å². The zero-order valence-electron chi connectivity index (χ0n) is 23.4. The first-order valence-corrected chi connectivity index (χ1v) is 13.7. The number of ether oxygens (including phenoxy) is 3. The van der Waals surface area contributed by atoms with Gasteiger partial charge in [-0.3, -0.25) is 14.5 Å². The number of hydrogen-bond acceptors (Lipinski definition) is 6. The van der Waals surface area contributed by atoms with E-state index in [1.54, 1.807) is 44.6 Å². The second-order valence-corrected chi connectivity index (χ2v) is 9.99. The summed E-state index contributed by atoms with van der Waals surface area (Å²) in [6, 6.07) is 18.3. The summed E-state index contributed by atoms with van der Waals surface area (Å²) in [7, 11) is 4.69. The monoisotopic (exact) mass is 546 g/mol. The molecule has 4 rings (SSSR count). The molecule has 2 amide bonds. The number of aromatic hydroxyl groups is 1. The summed E-state index contributed by atoms with van der Waals surface area (Å²) in [5.74, 6) is 1.27. The van der Waals surface area contributed by atoms with Crippen molar-refractivity contribution in [2.24, 2.45) is 0 Å². The van der Waals surface area contributed by atoms with Crippen molar-refractivity contribution in [3.63, 3.8) is 0 Å². The molecule has 1 unspecified atom stereocenters. The smallest absolute Gasteiger partial charge is 0.248 e. The number of carbonyl (C=O) groups is 2. The van der Waals surface area contributed by atoms with Crippen LogP contribution in [-0.2, 0) is 16.0 Å². The van der Waals surface area contributed by atoms with Crippen LogP contribution in [0.5, 0.6) is 23.0 Å². The highest BCUT2D eigenvalue weighted by atomic mass is 16.5. The summed E-state index contributed by atoms with van der Waals surface area (Å²) in [4.78, 5) is 29.6. The van der Waals surface area contributed by atoms with Crippen LogP contribution in [0.4, 0.5) is 5.69 Å². The standard InChI is InChI=1S/C32H38N2O6/c1-38-27-11-7-8-22(20-27)12-19-30(36)34(25-15-18-28(39-2)29(21-25)40-3)31(23-13-16-26(35)17-14-23)32(37)33-24-9-5-4-6-10-24/h7-8,11,13-18,20-21,24,31,35H,4-6,9-10,12,19H2,1-3H3,(H,33,37). The van der Waals surface area contributed by atoms with E-state index in [-0.39, 0.29) is 30.0 Å². The number of rotatable bonds is 11. The summed E-state index contributed by atoms with van der Waals surface area (Å²) in [5, 5.41) is 13.2. The van der Waals surface area contributed by atoms with E-state index in [0.717, 1.165) is 43.4 Å². The molecule has 0 radical (unpaired) electrons. The number of nitrogens with one attached hydrogen (secondary N) is 1. The average molecular weight is 547 g/mol. The number of amides is 2. The maximum atomic E-state index is 14.1. The van der Waals surface area contributed by atoms with Gasteiger partial charge in [0.05, 0.1) is 21.3 Å². The van der Waals surface area contributed by atoms with Crippen molar-refractivity contribution in [1.29, 1.82) is 0 Å². The van der Waals surface area contributed by atoms with Crippen molar-refractivity contribution in [1.82, 2.24) is 5.32 Å². The quantitative estimate of drug-likeness (QED) is 0.326. The lowest BCUT2D eigenvalue weighted by Crippen LogP contribution is -2.47. The number of hydrogen-bond donors (Lipinski definition) is 2. The Morgan fingerprint density at radius 2 is 1.62 bits per heavy atom. The van der Waals surface area contributed by atoms with Gasteiger partial charge in [-0.25, -0.2) is 0 Å². The van der Waals surface area contributed by atoms with Crippen LogP contribution in [0, 0.1) is 0 Å². The molecule has 8 nitrogen and oxygen atoms in total. The minimum absolute atomic E-state index is 0.0556. The number of benzene rings is 3. The minimum Gasteiger partial charge on any atom is -0.508 e. The molecule has 40 heavy (non-hydrogen) atoms. The highest BCUT2D eigenvalue weighted by Crippen LogP contribution is 2.36. The molecule has 1 aliphatic carbocycles. The number of aryl methyl sites for hydroxylation is 1. The summed E-state index contributed by atoms with van der Waals surface area (Å²) in [6.45, 7) is 0. The van der Waals surface area contributed by atoms with Crippen LogP contribution in [0.3, 0.4) is 0 Å². The maximum absolute atomic E-state index is 14.1. The molecule has 3 aromatic carbocycles. The predicted octanol–water partition coefficient (Wildman–Crippen LogP) is 5.57. The van der Waals surface area contributed by atoms with Crippen LogP contribution in [0.2, 0.25) is 0 Å². The number of anilines is 1. The predicted molar refractivity (Wildman–Crippen MR) is 154 cm³/mol. The van der Waals surface area contributed by atoms with E-state index in [4.69, 9.17) is 14.2 Å². The molecule has 3 aromatic rings. The third-order valence-corrected chi connectivity index (χ3v) is 7.34. The Morgan fingerprint density at radius 3 is 2.30 bits per heavy atom. The second kappa shape index (κ2) is 13.7. The molecule has 212 valence electrons. The average Bonchev–Trinajstić information content (AvgIpc) is 2.99. The number of phenols is 1. The lowest BCUT2D eigenvalue weighted by atomic mass is 9.94. The van der Waals surface area contributed by atoms with Crippen molar-refractivity contribution in [2.75, 3.05) is 26.2 Å². The van der Waals surface area contributed by atoms with E-state index < -0.39 is 6.04 Å². The summed E-state index contributed by atoms with van der Waals surface area (Å²) in [5.41, 5.74) is 2.05. The first-order valence-electron chi connectivity index (χ1n) is 13.7. The largest absolute Gasteiger partial charge is 0.508 e. The molecule has 1 saturated carbocycles. The molecule has 0 heterocycles. The number of methoxy groups -OCH3 is 3. The van der Waals surface area contributed by atoms with Gasteiger partial charge in [-0.2, -0.15) is 0 Å². The van der Waals surface area contributed by atoms with Crippen molar-refractivity contribution in [3.05, 3.63) is 77.9 Å². The van der Waals surface area contributed by atoms with Gasteiger partial charge in [0.15, 0.2) is 11.5 Å². The third-order valence-electron chi connectivity index (χ3n) is 7.34. The Labute approximate surface area is 235 Å². The molecule has 0 saturated heterocycles. The van der Waals surface area contributed by atoms with E-state index in [1.165, 1.54) is 24.1 Å². The molecule has 0 aromatic heterocycles. The van der Waals surface area contributed by atoms with Crippen molar-refractivity contribution in [3.8, 4) is 23.0 Å². The number of nitrogens with zero attached hydrogens (tertiary/aromatic N) is 1. The number of phenolic OH excluding ortho intramolecular Hbond substituents is 1. The zero-order chi connectivity index (χ0) is 28.5. The topological polar surface area (TPSA) is 97.3 Å². The third kappa shape index (κ3) is 7.05. The van der Waals surface area contributed by atoms with Gasteiger partial charge in [-0.15, -0.1) is 0 Å². The lowest BCUT2D eigenvalue weighted by Gasteiger charge is -2.34. The zero-order valence-corrected chi connectivity index (χ0v) is 23.4. The molecule has 0 bridgehead atoms. The van der Waals surface area contributed by atoms with Gasteiger partial charge in [-0.1, -0.05) is 43.5 Å². The molecule has 0 spiro atoms. The Balaban J connectivity index is 1.74. The Hall–Kier alpha value is -4.20. The normalized spacial score (nSPS) is 14.2. The molecule has 1 aliphatic rings. The van der Waals surface area contributed by atoms with Gasteiger partial charge in [0.1, 0.15) is 17.5 Å². The van der Waals surface area contributed by atoms with Gasteiger partial charge in [-0.05, 0) is 66.8 Å². The van der Waals surface area contributed by atoms with Crippen LogP contribution in [0.15, 0.2) is 66.7 Å². The fourth-order valence-corrected chi connectivity index (χ4v) is 5.21. The van der Waals surface area contributed by atoms with Crippen molar-refractivity contribution < 1.29 is 28.9 Å². The maximum Gasteiger partial charge on any atom is 0.248 e. The van der Waals surface area contributed by atoms with E-state index in [9.17, 15) is 14.7 Å². The lowest BCUT2D eigenvalue weighted by molar-refractivity contribution is -0.127. The summed E-state index contributed by atoms with van der Waals surface area (Å²) >= 11 is 0. The Kier molecular flexibility index (Phi) is 9.89. The van der Waals surface area contributed by atoms with Crippen LogP contribution in [0.1, 0.15) is 55.7 Å². The fraction of sp³-hybridized carbons (Fsp3) is 0.375. The molecular weight excluding hydrogens is 508 g/mol. The van der Waals surface area contributed by atoms with Gasteiger partial charge >= 0.3 is 0 Å². The van der Waals surface area contributed by atoms with Crippen molar-refractivity contribution in [2.45, 2.75) is 57.0 Å². The van der Waals surface area contributed by atoms with Gasteiger partial charge < -0.3 is 24.6 Å². The second-order valence-electron chi connectivity index (χ2n) is 9.99. The highest BCUT2D eigenvalue weighted by Gasteiger charge is 2.34. The first kappa shape index (κ1) is 28.8. The van der Waals surface area contributed by atoms with E-state index in [0.29, 0.717) is 29.2 Å². The molecule has 0 aliphatic heterocycles. The minimum atomic E-state index is -0.960. The van der Waals surface area contributed by atoms with Crippen LogP contribution >= 0.6 is 0 Å². The molecule has 8 heteroatoms. The van der Waals surface area contributed by atoms with Crippen molar-refractivity contribution >= 4 is 17.5 Å².